The highest BCUT2D eigenvalue weighted by molar-refractivity contribution is 5.56. The largest absolute Gasteiger partial charge is 0.300 e. The molecule has 0 amide bonds. The summed E-state index contributed by atoms with van der Waals surface area (Å²) in [4.78, 5) is 15.8. The van der Waals surface area contributed by atoms with Gasteiger partial charge >= 0.3 is 0 Å². The van der Waals surface area contributed by atoms with Gasteiger partial charge in [-0.25, -0.2) is 0 Å². The Bertz CT molecular complexity index is 272. The lowest BCUT2D eigenvalue weighted by Gasteiger charge is -2.15. The van der Waals surface area contributed by atoms with Gasteiger partial charge in [-0.2, -0.15) is 0 Å². The van der Waals surface area contributed by atoms with Gasteiger partial charge in [-0.1, -0.05) is 32.0 Å². The molecule has 0 fully saturated rings. The van der Waals surface area contributed by atoms with Crippen LogP contribution in [-0.2, 0) is 9.63 Å². The number of benzene rings is 1. The summed E-state index contributed by atoms with van der Waals surface area (Å²) in [5.41, 5.74) is 3.59. The van der Waals surface area contributed by atoms with Crippen LogP contribution in [0.4, 0.5) is 5.69 Å². The molecule has 0 spiro atoms. The highest BCUT2D eigenvalue weighted by Gasteiger charge is 2.12. The lowest BCUT2D eigenvalue weighted by Crippen LogP contribution is -2.24. The zero-order chi connectivity index (χ0) is 10.4. The van der Waals surface area contributed by atoms with Crippen LogP contribution in [0, 0.1) is 5.92 Å². The van der Waals surface area contributed by atoms with Gasteiger partial charge in [0.25, 0.3) is 0 Å². The van der Waals surface area contributed by atoms with Crippen molar-refractivity contribution in [3.63, 3.8) is 0 Å². The van der Waals surface area contributed by atoms with E-state index in [-0.39, 0.29) is 5.92 Å². The molecule has 14 heavy (non-hydrogen) atoms. The molecular formula is C11H15NO2. The number of nitrogens with one attached hydrogen (secondary N) is 1. The second-order valence-electron chi connectivity index (χ2n) is 3.43. The Morgan fingerprint density at radius 2 is 1.93 bits per heavy atom. The average molecular weight is 193 g/mol. The highest BCUT2D eigenvalue weighted by Crippen LogP contribution is 2.08. The minimum atomic E-state index is -0.407. The topological polar surface area (TPSA) is 38.3 Å². The summed E-state index contributed by atoms with van der Waals surface area (Å²) in [6.07, 6.45) is 0.399. The first kappa shape index (κ1) is 10.7. The van der Waals surface area contributed by atoms with Crippen molar-refractivity contribution < 1.29 is 9.63 Å². The molecule has 0 heterocycles. The number of carbonyl (C=O) groups excluding carboxylic acids is 1. The van der Waals surface area contributed by atoms with E-state index in [2.05, 4.69) is 5.48 Å². The molecule has 3 heteroatoms. The van der Waals surface area contributed by atoms with Crippen molar-refractivity contribution >= 4 is 12.0 Å². The van der Waals surface area contributed by atoms with Crippen molar-refractivity contribution in [1.29, 1.82) is 0 Å². The second kappa shape index (κ2) is 5.40. The molecular weight excluding hydrogens is 178 g/mol. The predicted octanol–water partition coefficient (Wildman–Crippen LogP) is 2.25. The van der Waals surface area contributed by atoms with E-state index in [0.29, 0.717) is 0 Å². The van der Waals surface area contributed by atoms with Crippen LogP contribution < -0.4 is 5.48 Å². The van der Waals surface area contributed by atoms with E-state index < -0.39 is 6.10 Å². The normalized spacial score (nSPS) is 12.5. The maximum Gasteiger partial charge on any atom is 0.151 e. The van der Waals surface area contributed by atoms with Crippen LogP contribution in [0.5, 0.6) is 0 Å². The van der Waals surface area contributed by atoms with Crippen molar-refractivity contribution in [3.8, 4) is 0 Å². The summed E-state index contributed by atoms with van der Waals surface area (Å²) in [5, 5.41) is 0. The fraction of sp³-hybridized carbons (Fsp3) is 0.364. The van der Waals surface area contributed by atoms with Crippen LogP contribution >= 0.6 is 0 Å². The van der Waals surface area contributed by atoms with Gasteiger partial charge in [0.2, 0.25) is 0 Å². The van der Waals surface area contributed by atoms with Crippen LogP contribution in [0.1, 0.15) is 13.8 Å². The zero-order valence-electron chi connectivity index (χ0n) is 8.44. The SMILES string of the molecule is CC(C)[C@H](C=O)ONc1ccccc1. The number of hydrogen-bond donors (Lipinski definition) is 1. The van der Waals surface area contributed by atoms with Crippen molar-refractivity contribution in [3.05, 3.63) is 30.3 Å². The van der Waals surface area contributed by atoms with Crippen molar-refractivity contribution in [2.75, 3.05) is 5.48 Å². The van der Waals surface area contributed by atoms with E-state index in [1.807, 2.05) is 44.2 Å². The van der Waals surface area contributed by atoms with Gasteiger partial charge in [-0.05, 0) is 18.1 Å². The molecule has 3 nitrogen and oxygen atoms in total. The van der Waals surface area contributed by atoms with E-state index in [4.69, 9.17) is 4.84 Å². The number of anilines is 1. The number of aldehydes is 1. The maximum absolute atomic E-state index is 10.6. The Balaban J connectivity index is 2.43. The van der Waals surface area contributed by atoms with Crippen molar-refractivity contribution in [2.45, 2.75) is 20.0 Å². The van der Waals surface area contributed by atoms with Crippen molar-refractivity contribution in [1.82, 2.24) is 0 Å². The van der Waals surface area contributed by atoms with E-state index in [9.17, 15) is 4.79 Å². The number of hydrogen-bond acceptors (Lipinski definition) is 3. The third-order valence-corrected chi connectivity index (χ3v) is 1.88. The third-order valence-electron chi connectivity index (χ3n) is 1.88. The summed E-state index contributed by atoms with van der Waals surface area (Å²) in [5.74, 6) is 0.170. The molecule has 0 bridgehead atoms. The summed E-state index contributed by atoms with van der Waals surface area (Å²) in [6, 6.07) is 9.48. The molecule has 1 aromatic rings. The number of para-hydroxylation sites is 1. The van der Waals surface area contributed by atoms with Gasteiger partial charge in [0.15, 0.2) is 6.29 Å². The van der Waals surface area contributed by atoms with E-state index in [1.165, 1.54) is 0 Å². The van der Waals surface area contributed by atoms with E-state index >= 15 is 0 Å². The molecule has 0 aliphatic carbocycles. The molecule has 0 aliphatic heterocycles. The first-order chi connectivity index (χ1) is 6.74. The Kier molecular flexibility index (Phi) is 4.13. The summed E-state index contributed by atoms with van der Waals surface area (Å²) < 4.78 is 0. The van der Waals surface area contributed by atoms with Crippen LogP contribution in [-0.4, -0.2) is 12.4 Å². The number of rotatable bonds is 5. The molecule has 1 rings (SSSR count). The van der Waals surface area contributed by atoms with Gasteiger partial charge in [-0.15, -0.1) is 0 Å². The summed E-state index contributed by atoms with van der Waals surface area (Å²) in [6.45, 7) is 3.87. The Morgan fingerprint density at radius 1 is 1.29 bits per heavy atom. The number of carbonyl (C=O) groups is 1. The van der Waals surface area contributed by atoms with Crippen LogP contribution in [0.3, 0.4) is 0 Å². The lowest BCUT2D eigenvalue weighted by molar-refractivity contribution is -0.118. The zero-order valence-corrected chi connectivity index (χ0v) is 8.44. The van der Waals surface area contributed by atoms with Gasteiger partial charge in [0, 0.05) is 0 Å². The summed E-state index contributed by atoms with van der Waals surface area (Å²) in [7, 11) is 0. The molecule has 1 atom stereocenters. The minimum absolute atomic E-state index is 0.170. The fourth-order valence-electron chi connectivity index (χ4n) is 0.963. The first-order valence-electron chi connectivity index (χ1n) is 4.66. The van der Waals surface area contributed by atoms with Gasteiger partial charge in [0.1, 0.15) is 6.10 Å². The highest BCUT2D eigenvalue weighted by atomic mass is 16.7. The molecule has 1 N–H and O–H groups in total. The fourth-order valence-corrected chi connectivity index (χ4v) is 0.963. The monoisotopic (exact) mass is 193 g/mol. The molecule has 0 aliphatic rings. The molecule has 0 saturated heterocycles. The molecule has 0 saturated carbocycles. The average Bonchev–Trinajstić information content (AvgIpc) is 2.20. The van der Waals surface area contributed by atoms with Crippen molar-refractivity contribution in [2.24, 2.45) is 5.92 Å². The molecule has 0 unspecified atom stereocenters. The van der Waals surface area contributed by atoms with Crippen LogP contribution in [0.15, 0.2) is 30.3 Å². The molecule has 0 aromatic heterocycles. The van der Waals surface area contributed by atoms with Crippen LogP contribution in [0.2, 0.25) is 0 Å². The third kappa shape index (κ3) is 3.18. The maximum atomic E-state index is 10.6. The lowest BCUT2D eigenvalue weighted by atomic mass is 10.1. The predicted molar refractivity (Wildman–Crippen MR) is 55.8 cm³/mol. The second-order valence-corrected chi connectivity index (χ2v) is 3.43. The Morgan fingerprint density at radius 3 is 2.43 bits per heavy atom. The quantitative estimate of drug-likeness (QED) is 0.575. The van der Waals surface area contributed by atoms with Gasteiger partial charge in [-0.3, -0.25) is 10.3 Å². The molecule has 76 valence electrons. The first-order valence-corrected chi connectivity index (χ1v) is 4.66. The smallest absolute Gasteiger partial charge is 0.151 e. The van der Waals surface area contributed by atoms with E-state index in [1.54, 1.807) is 0 Å². The van der Waals surface area contributed by atoms with Gasteiger partial charge < -0.3 is 4.79 Å². The molecule has 1 aromatic carbocycles. The minimum Gasteiger partial charge on any atom is -0.300 e. The van der Waals surface area contributed by atoms with Gasteiger partial charge in [0.05, 0.1) is 5.69 Å². The summed E-state index contributed by atoms with van der Waals surface area (Å²) >= 11 is 0. The Hall–Kier alpha value is -1.35. The Labute approximate surface area is 84.0 Å². The van der Waals surface area contributed by atoms with Crippen LogP contribution in [0.25, 0.3) is 0 Å². The standard InChI is InChI=1S/C11H15NO2/c1-9(2)11(8-13)14-12-10-6-4-3-5-7-10/h3-9,11-12H,1-2H3/t11-/m0/s1. The van der Waals surface area contributed by atoms with E-state index in [0.717, 1.165) is 12.0 Å². The molecule has 0 radical (unpaired) electrons.